The van der Waals surface area contributed by atoms with E-state index in [2.05, 4.69) is 4.90 Å². The lowest BCUT2D eigenvalue weighted by molar-refractivity contribution is 0.0945. The molecule has 1 heterocycles. The Morgan fingerprint density at radius 1 is 1.56 bits per heavy atom. The lowest BCUT2D eigenvalue weighted by Gasteiger charge is -2.13. The number of carbonyl (C=O) groups excluding carboxylic acids is 1. The van der Waals surface area contributed by atoms with E-state index in [4.69, 9.17) is 17.3 Å². The predicted octanol–water partition coefficient (Wildman–Crippen LogP) is 1.56. The number of halogens is 1. The zero-order valence-corrected chi connectivity index (χ0v) is 9.78. The highest BCUT2D eigenvalue weighted by atomic mass is 35.5. The van der Waals surface area contributed by atoms with E-state index in [9.17, 15) is 4.79 Å². The molecule has 86 valence electrons. The molecule has 1 atom stereocenters. The summed E-state index contributed by atoms with van der Waals surface area (Å²) in [6, 6.07) is 7.28. The van der Waals surface area contributed by atoms with Gasteiger partial charge in [0.1, 0.15) is 0 Å². The fraction of sp³-hybridized carbons (Fsp3) is 0.417. The van der Waals surface area contributed by atoms with E-state index in [1.807, 2.05) is 0 Å². The monoisotopic (exact) mass is 238 g/mol. The zero-order chi connectivity index (χ0) is 11.5. The Kier molecular flexibility index (Phi) is 3.59. The first-order valence-corrected chi connectivity index (χ1v) is 5.79. The van der Waals surface area contributed by atoms with Crippen LogP contribution in [0.2, 0.25) is 5.02 Å². The molecule has 2 N–H and O–H groups in total. The Labute approximate surface area is 100 Å². The molecule has 1 saturated heterocycles. The largest absolute Gasteiger partial charge is 0.326 e. The van der Waals surface area contributed by atoms with Gasteiger partial charge in [0, 0.05) is 29.7 Å². The van der Waals surface area contributed by atoms with Crippen LogP contribution in [0.15, 0.2) is 24.3 Å². The summed E-state index contributed by atoms with van der Waals surface area (Å²) in [5.74, 6) is 0.108. The van der Waals surface area contributed by atoms with Gasteiger partial charge in [-0.05, 0) is 18.6 Å². The molecule has 4 heteroatoms. The Morgan fingerprint density at radius 3 is 3.00 bits per heavy atom. The summed E-state index contributed by atoms with van der Waals surface area (Å²) in [5.41, 5.74) is 6.46. The zero-order valence-electron chi connectivity index (χ0n) is 9.03. The molecule has 0 amide bonds. The van der Waals surface area contributed by atoms with Gasteiger partial charge in [-0.1, -0.05) is 23.7 Å². The van der Waals surface area contributed by atoms with Crippen molar-refractivity contribution in [2.24, 2.45) is 5.73 Å². The van der Waals surface area contributed by atoms with Crippen LogP contribution in [0.3, 0.4) is 0 Å². The molecule has 2 rings (SSSR count). The van der Waals surface area contributed by atoms with Gasteiger partial charge in [-0.25, -0.2) is 0 Å². The Hall–Kier alpha value is -0.900. The van der Waals surface area contributed by atoms with E-state index in [-0.39, 0.29) is 11.8 Å². The van der Waals surface area contributed by atoms with Crippen LogP contribution >= 0.6 is 11.6 Å². The van der Waals surface area contributed by atoms with Crippen LogP contribution in [-0.4, -0.2) is 36.4 Å². The van der Waals surface area contributed by atoms with E-state index in [0.29, 0.717) is 17.1 Å². The molecule has 1 aliphatic heterocycles. The van der Waals surface area contributed by atoms with Gasteiger partial charge in [-0.3, -0.25) is 9.69 Å². The lowest BCUT2D eigenvalue weighted by Crippen LogP contribution is -2.31. The number of ketones is 1. The molecule has 16 heavy (non-hydrogen) atoms. The molecular formula is C12H15ClN2O. The van der Waals surface area contributed by atoms with Crippen LogP contribution < -0.4 is 5.73 Å². The van der Waals surface area contributed by atoms with Crippen molar-refractivity contribution in [3.63, 3.8) is 0 Å². The maximum Gasteiger partial charge on any atom is 0.176 e. The average molecular weight is 239 g/mol. The van der Waals surface area contributed by atoms with Gasteiger partial charge in [0.15, 0.2) is 5.78 Å². The normalized spacial score (nSPS) is 21.2. The van der Waals surface area contributed by atoms with Crippen molar-refractivity contribution in [2.45, 2.75) is 12.5 Å². The third-order valence-electron chi connectivity index (χ3n) is 2.82. The number of benzene rings is 1. The van der Waals surface area contributed by atoms with Crippen LogP contribution in [-0.2, 0) is 0 Å². The highest BCUT2D eigenvalue weighted by molar-refractivity contribution is 6.31. The summed E-state index contributed by atoms with van der Waals surface area (Å²) in [6.07, 6.45) is 0.975. The summed E-state index contributed by atoms with van der Waals surface area (Å²) in [4.78, 5) is 14.0. The van der Waals surface area contributed by atoms with Crippen molar-refractivity contribution >= 4 is 17.4 Å². The minimum absolute atomic E-state index is 0.108. The van der Waals surface area contributed by atoms with Gasteiger partial charge in [-0.15, -0.1) is 0 Å². The molecule has 1 aromatic rings. The Bertz CT molecular complexity index is 394. The smallest absolute Gasteiger partial charge is 0.176 e. The number of hydrogen-bond donors (Lipinski definition) is 1. The molecular weight excluding hydrogens is 224 g/mol. The van der Waals surface area contributed by atoms with Crippen LogP contribution in [0.5, 0.6) is 0 Å². The molecule has 1 unspecified atom stereocenters. The lowest BCUT2D eigenvalue weighted by atomic mass is 10.1. The molecule has 0 spiro atoms. The molecule has 0 saturated carbocycles. The van der Waals surface area contributed by atoms with Gasteiger partial charge in [-0.2, -0.15) is 0 Å². The van der Waals surface area contributed by atoms with E-state index < -0.39 is 0 Å². The van der Waals surface area contributed by atoms with Crippen LogP contribution in [0.25, 0.3) is 0 Å². The first kappa shape index (κ1) is 11.6. The first-order chi connectivity index (χ1) is 7.65. The van der Waals surface area contributed by atoms with E-state index in [1.165, 1.54) is 0 Å². The summed E-state index contributed by atoms with van der Waals surface area (Å²) in [6.45, 7) is 2.16. The van der Waals surface area contributed by atoms with Crippen LogP contribution in [0.1, 0.15) is 16.8 Å². The Morgan fingerprint density at radius 2 is 2.38 bits per heavy atom. The topological polar surface area (TPSA) is 46.3 Å². The molecule has 0 aromatic heterocycles. The number of nitrogens with two attached hydrogens (primary N) is 1. The van der Waals surface area contributed by atoms with Crippen LogP contribution in [0.4, 0.5) is 0 Å². The second-order valence-corrected chi connectivity index (χ2v) is 4.65. The standard InChI is InChI=1S/C12H15ClN2O/c13-10-3-1-2-9(6-10)12(16)8-15-5-4-11(14)7-15/h1-3,6,11H,4-5,7-8,14H2. The molecule has 3 nitrogen and oxygen atoms in total. The van der Waals surface area contributed by atoms with E-state index >= 15 is 0 Å². The highest BCUT2D eigenvalue weighted by Crippen LogP contribution is 2.13. The minimum atomic E-state index is 0.108. The van der Waals surface area contributed by atoms with E-state index in [0.717, 1.165) is 19.5 Å². The third kappa shape index (κ3) is 2.82. The molecule has 0 radical (unpaired) electrons. The number of likely N-dealkylation sites (tertiary alicyclic amines) is 1. The minimum Gasteiger partial charge on any atom is -0.326 e. The summed E-state index contributed by atoms with van der Waals surface area (Å²) < 4.78 is 0. The molecule has 1 fully saturated rings. The maximum absolute atomic E-state index is 11.9. The van der Waals surface area contributed by atoms with Crippen molar-refractivity contribution < 1.29 is 4.79 Å². The number of hydrogen-bond acceptors (Lipinski definition) is 3. The fourth-order valence-electron chi connectivity index (χ4n) is 1.96. The number of nitrogens with zero attached hydrogens (tertiary/aromatic N) is 1. The van der Waals surface area contributed by atoms with Gasteiger partial charge < -0.3 is 5.73 Å². The number of carbonyl (C=O) groups is 1. The number of rotatable bonds is 3. The van der Waals surface area contributed by atoms with Crippen molar-refractivity contribution in [1.29, 1.82) is 0 Å². The fourth-order valence-corrected chi connectivity index (χ4v) is 2.15. The quantitative estimate of drug-likeness (QED) is 0.813. The van der Waals surface area contributed by atoms with Crippen molar-refractivity contribution in [3.8, 4) is 0 Å². The summed E-state index contributed by atoms with van der Waals surface area (Å²) >= 11 is 5.84. The summed E-state index contributed by atoms with van der Waals surface area (Å²) in [5, 5.41) is 0.601. The average Bonchev–Trinajstić information content (AvgIpc) is 2.64. The SMILES string of the molecule is NC1CCN(CC(=O)c2cccc(Cl)c2)C1. The maximum atomic E-state index is 11.9. The second kappa shape index (κ2) is 4.95. The third-order valence-corrected chi connectivity index (χ3v) is 3.06. The van der Waals surface area contributed by atoms with Crippen LogP contribution in [0, 0.1) is 0 Å². The molecule has 1 aliphatic rings. The molecule has 0 bridgehead atoms. The summed E-state index contributed by atoms with van der Waals surface area (Å²) in [7, 11) is 0. The second-order valence-electron chi connectivity index (χ2n) is 4.22. The predicted molar refractivity (Wildman–Crippen MR) is 64.8 cm³/mol. The first-order valence-electron chi connectivity index (χ1n) is 5.42. The molecule has 1 aromatic carbocycles. The van der Waals surface area contributed by atoms with E-state index in [1.54, 1.807) is 24.3 Å². The van der Waals surface area contributed by atoms with Gasteiger partial charge >= 0.3 is 0 Å². The highest BCUT2D eigenvalue weighted by Gasteiger charge is 2.21. The Balaban J connectivity index is 1.98. The van der Waals surface area contributed by atoms with Crippen molar-refractivity contribution in [2.75, 3.05) is 19.6 Å². The van der Waals surface area contributed by atoms with Gasteiger partial charge in [0.2, 0.25) is 0 Å². The molecule has 0 aliphatic carbocycles. The number of Topliss-reactive ketones (excluding diaryl/α,β-unsaturated/α-hetero) is 1. The van der Waals surface area contributed by atoms with Gasteiger partial charge in [0.25, 0.3) is 0 Å². The van der Waals surface area contributed by atoms with Crippen molar-refractivity contribution in [1.82, 2.24) is 4.90 Å². The van der Waals surface area contributed by atoms with Crippen molar-refractivity contribution in [3.05, 3.63) is 34.9 Å². The van der Waals surface area contributed by atoms with Gasteiger partial charge in [0.05, 0.1) is 6.54 Å².